The molecule has 0 saturated carbocycles. The molecule has 0 bridgehead atoms. The van der Waals surface area contributed by atoms with Gasteiger partial charge in [-0.15, -0.1) is 0 Å². The van der Waals surface area contributed by atoms with Crippen LogP contribution in [0.2, 0.25) is 0 Å². The van der Waals surface area contributed by atoms with Crippen LogP contribution in [0.25, 0.3) is 0 Å². The van der Waals surface area contributed by atoms with Crippen LogP contribution in [0.15, 0.2) is 0 Å². The Kier molecular flexibility index (Phi) is 3.58. The van der Waals surface area contributed by atoms with Crippen molar-refractivity contribution in [1.29, 1.82) is 0 Å². The topological polar surface area (TPSA) is 46.2 Å². The maximum absolute atomic E-state index is 11.8. The molecule has 1 aliphatic heterocycles. The summed E-state index contributed by atoms with van der Waals surface area (Å²) in [7, 11) is -2.89. The zero-order valence-electron chi connectivity index (χ0n) is 9.34. The summed E-state index contributed by atoms with van der Waals surface area (Å²) in [5.41, 5.74) is -0.128. The Morgan fingerprint density at radius 2 is 2.00 bits per heavy atom. The summed E-state index contributed by atoms with van der Waals surface area (Å²) in [6.45, 7) is 6.86. The molecule has 1 atom stereocenters. The molecule has 1 saturated heterocycles. The third-order valence-electron chi connectivity index (χ3n) is 2.27. The molecule has 14 heavy (non-hydrogen) atoms. The molecule has 0 radical (unpaired) electrons. The van der Waals surface area contributed by atoms with E-state index in [1.54, 1.807) is 0 Å². The molecule has 1 unspecified atom stereocenters. The first-order valence-electron chi connectivity index (χ1n) is 5.22. The highest BCUT2D eigenvalue weighted by Crippen LogP contribution is 2.18. The van der Waals surface area contributed by atoms with Gasteiger partial charge in [-0.2, -0.15) is 0 Å². The minimum Gasteiger partial charge on any atom is -0.313 e. The lowest BCUT2D eigenvalue weighted by atomic mass is 10.0. The average Bonchev–Trinajstić information content (AvgIpc) is 2.31. The largest absolute Gasteiger partial charge is 0.313 e. The van der Waals surface area contributed by atoms with Crippen LogP contribution in [0.4, 0.5) is 0 Å². The van der Waals surface area contributed by atoms with Crippen LogP contribution >= 0.6 is 0 Å². The molecule has 84 valence electrons. The fraction of sp³-hybridized carbons (Fsp3) is 1.00. The van der Waals surface area contributed by atoms with E-state index in [1.165, 1.54) is 0 Å². The molecule has 1 fully saturated rings. The maximum Gasteiger partial charge on any atom is 0.152 e. The van der Waals surface area contributed by atoms with Gasteiger partial charge in [0.2, 0.25) is 0 Å². The Labute approximate surface area is 87.2 Å². The second-order valence-electron chi connectivity index (χ2n) is 5.41. The molecule has 1 N–H and O–H groups in total. The van der Waals surface area contributed by atoms with Gasteiger partial charge in [0.05, 0.1) is 11.5 Å². The van der Waals surface area contributed by atoms with Crippen LogP contribution in [-0.2, 0) is 9.84 Å². The van der Waals surface area contributed by atoms with Gasteiger partial charge in [-0.25, -0.2) is 8.42 Å². The minimum absolute atomic E-state index is 0.128. The van der Waals surface area contributed by atoms with E-state index >= 15 is 0 Å². The second kappa shape index (κ2) is 4.19. The predicted octanol–water partition coefficient (Wildman–Crippen LogP) is 1.20. The highest BCUT2D eigenvalue weighted by atomic mass is 32.2. The number of sulfone groups is 1. The Hall–Kier alpha value is -0.0900. The summed E-state index contributed by atoms with van der Waals surface area (Å²) in [5, 5.41) is 3.22. The van der Waals surface area contributed by atoms with Crippen LogP contribution in [-0.4, -0.2) is 32.5 Å². The lowest BCUT2D eigenvalue weighted by molar-refractivity contribution is 0.459. The van der Waals surface area contributed by atoms with Crippen LogP contribution < -0.4 is 5.32 Å². The normalized spacial score (nSPS) is 24.1. The summed E-state index contributed by atoms with van der Waals surface area (Å²) in [6, 6.07) is 0.197. The van der Waals surface area contributed by atoms with E-state index in [1.807, 2.05) is 20.8 Å². The lowest BCUT2D eigenvalue weighted by Crippen LogP contribution is -2.33. The third kappa shape index (κ3) is 4.42. The fourth-order valence-corrected chi connectivity index (χ4v) is 4.26. The molecule has 3 nitrogen and oxygen atoms in total. The molecule has 0 amide bonds. The third-order valence-corrected chi connectivity index (χ3v) is 4.49. The Balaban J connectivity index is 2.49. The summed E-state index contributed by atoms with van der Waals surface area (Å²) in [4.78, 5) is 0. The van der Waals surface area contributed by atoms with Gasteiger partial charge in [0.25, 0.3) is 0 Å². The van der Waals surface area contributed by atoms with Gasteiger partial charge in [0.15, 0.2) is 9.84 Å². The van der Waals surface area contributed by atoms with Crippen LogP contribution in [0.1, 0.15) is 33.6 Å². The number of hydrogen-bond acceptors (Lipinski definition) is 3. The average molecular weight is 219 g/mol. The highest BCUT2D eigenvalue weighted by molar-refractivity contribution is 7.91. The number of hydrogen-bond donors (Lipinski definition) is 1. The van der Waals surface area contributed by atoms with Crippen molar-refractivity contribution < 1.29 is 8.42 Å². The van der Waals surface area contributed by atoms with Crippen molar-refractivity contribution in [3.8, 4) is 0 Å². The number of nitrogens with one attached hydrogen (secondary N) is 1. The molecule has 0 aromatic carbocycles. The van der Waals surface area contributed by atoms with Crippen molar-refractivity contribution in [1.82, 2.24) is 5.32 Å². The van der Waals surface area contributed by atoms with E-state index in [0.29, 0.717) is 5.75 Å². The van der Waals surface area contributed by atoms with E-state index in [9.17, 15) is 8.42 Å². The predicted molar refractivity (Wildman–Crippen MR) is 59.1 cm³/mol. The summed E-state index contributed by atoms with van der Waals surface area (Å²) >= 11 is 0. The van der Waals surface area contributed by atoms with Crippen molar-refractivity contribution in [3.63, 3.8) is 0 Å². The maximum atomic E-state index is 11.8. The van der Waals surface area contributed by atoms with Crippen molar-refractivity contribution >= 4 is 9.84 Å². The van der Waals surface area contributed by atoms with Crippen LogP contribution in [0.3, 0.4) is 0 Å². The molecule has 0 aromatic heterocycles. The fourth-order valence-electron chi connectivity index (χ4n) is 1.92. The van der Waals surface area contributed by atoms with E-state index in [4.69, 9.17) is 0 Å². The molecule has 1 heterocycles. The minimum atomic E-state index is -2.89. The van der Waals surface area contributed by atoms with Gasteiger partial charge < -0.3 is 5.32 Å². The molecule has 0 aromatic rings. The van der Waals surface area contributed by atoms with Gasteiger partial charge in [-0.05, 0) is 24.8 Å². The molecule has 0 aliphatic carbocycles. The van der Waals surface area contributed by atoms with E-state index < -0.39 is 9.84 Å². The van der Waals surface area contributed by atoms with Crippen molar-refractivity contribution in [3.05, 3.63) is 0 Å². The van der Waals surface area contributed by atoms with Gasteiger partial charge in [0, 0.05) is 6.04 Å². The van der Waals surface area contributed by atoms with E-state index in [2.05, 4.69) is 5.32 Å². The summed E-state index contributed by atoms with van der Waals surface area (Å²) in [5.74, 6) is 0.600. The summed E-state index contributed by atoms with van der Waals surface area (Å²) < 4.78 is 23.5. The van der Waals surface area contributed by atoms with Crippen molar-refractivity contribution in [2.24, 2.45) is 5.41 Å². The van der Waals surface area contributed by atoms with E-state index in [-0.39, 0.29) is 17.2 Å². The Bertz CT molecular complexity index is 271. The number of rotatable bonds is 3. The van der Waals surface area contributed by atoms with E-state index in [0.717, 1.165) is 19.4 Å². The SMILES string of the molecule is CC(C)(C)CS(=O)(=O)CC1CCCN1. The van der Waals surface area contributed by atoms with Gasteiger partial charge >= 0.3 is 0 Å². The van der Waals surface area contributed by atoms with Crippen LogP contribution in [0.5, 0.6) is 0 Å². The van der Waals surface area contributed by atoms with Gasteiger partial charge in [-0.3, -0.25) is 0 Å². The molecule has 1 aliphatic rings. The van der Waals surface area contributed by atoms with Crippen molar-refractivity contribution in [2.75, 3.05) is 18.1 Å². The summed E-state index contributed by atoms with van der Waals surface area (Å²) in [6.07, 6.45) is 2.11. The van der Waals surface area contributed by atoms with Gasteiger partial charge in [-0.1, -0.05) is 20.8 Å². The Morgan fingerprint density at radius 3 is 2.43 bits per heavy atom. The molecule has 0 spiro atoms. The van der Waals surface area contributed by atoms with Crippen LogP contribution in [0, 0.1) is 5.41 Å². The standard InChI is InChI=1S/C10H21NO2S/c1-10(2,3)8-14(12,13)7-9-5-4-6-11-9/h9,11H,4-8H2,1-3H3. The zero-order valence-corrected chi connectivity index (χ0v) is 10.2. The Morgan fingerprint density at radius 1 is 1.36 bits per heavy atom. The highest BCUT2D eigenvalue weighted by Gasteiger charge is 2.26. The molecular weight excluding hydrogens is 198 g/mol. The van der Waals surface area contributed by atoms with Gasteiger partial charge in [0.1, 0.15) is 0 Å². The quantitative estimate of drug-likeness (QED) is 0.776. The monoisotopic (exact) mass is 219 g/mol. The first kappa shape index (κ1) is 12.0. The molecule has 4 heteroatoms. The first-order valence-corrected chi connectivity index (χ1v) is 7.04. The second-order valence-corrected chi connectivity index (χ2v) is 7.52. The lowest BCUT2D eigenvalue weighted by Gasteiger charge is -2.19. The zero-order chi connectivity index (χ0) is 10.8. The first-order chi connectivity index (χ1) is 6.29. The molecular formula is C10H21NO2S. The van der Waals surface area contributed by atoms with Crippen molar-refractivity contribution in [2.45, 2.75) is 39.7 Å². The smallest absolute Gasteiger partial charge is 0.152 e. The molecule has 1 rings (SSSR count).